The van der Waals surface area contributed by atoms with Crippen LogP contribution in [0.4, 0.5) is 20.9 Å². The van der Waals surface area contributed by atoms with Crippen LogP contribution in [0, 0.1) is 5.82 Å². The number of anilines is 3. The highest BCUT2D eigenvalue weighted by Crippen LogP contribution is 2.34. The normalized spacial score (nSPS) is 16.8. The zero-order valence-corrected chi connectivity index (χ0v) is 19.1. The molecule has 1 aliphatic rings. The number of rotatable bonds is 5. The van der Waals surface area contributed by atoms with Crippen molar-refractivity contribution in [2.24, 2.45) is 12.8 Å². The zero-order valence-electron chi connectivity index (χ0n) is 18.3. The quantitative estimate of drug-likeness (QED) is 0.541. The first-order valence-corrected chi connectivity index (χ1v) is 11.6. The Hall–Kier alpha value is -2.98. The van der Waals surface area contributed by atoms with Gasteiger partial charge in [0.25, 0.3) is 5.91 Å². The van der Waals surface area contributed by atoms with Gasteiger partial charge in [-0.05, 0) is 43.4 Å². The Morgan fingerprint density at radius 3 is 2.94 bits per heavy atom. The van der Waals surface area contributed by atoms with Crippen molar-refractivity contribution in [3.05, 3.63) is 41.5 Å². The van der Waals surface area contributed by atoms with E-state index in [2.05, 4.69) is 20.3 Å². The van der Waals surface area contributed by atoms with Crippen molar-refractivity contribution < 1.29 is 9.18 Å². The molecule has 0 saturated carbocycles. The minimum Gasteiger partial charge on any atom is -0.389 e. The van der Waals surface area contributed by atoms with Gasteiger partial charge in [0.2, 0.25) is 0 Å². The number of benzene rings is 1. The summed E-state index contributed by atoms with van der Waals surface area (Å²) in [5.74, 6) is -0.0159. The van der Waals surface area contributed by atoms with E-state index in [4.69, 9.17) is 11.5 Å². The third-order valence-electron chi connectivity index (χ3n) is 5.77. The number of nitrogens with two attached hydrogens (primary N) is 2. The summed E-state index contributed by atoms with van der Waals surface area (Å²) in [5, 5.41) is 7.84. The second-order valence-electron chi connectivity index (χ2n) is 8.04. The molecular weight excluding hydrogens is 429 g/mol. The molecule has 170 valence electrons. The van der Waals surface area contributed by atoms with E-state index in [1.165, 1.54) is 6.07 Å². The van der Waals surface area contributed by atoms with E-state index < -0.39 is 11.7 Å². The molecule has 32 heavy (non-hydrogen) atoms. The average Bonchev–Trinajstić information content (AvgIpc) is 3.25. The van der Waals surface area contributed by atoms with E-state index in [1.807, 2.05) is 14.0 Å². The number of aromatic nitrogens is 3. The van der Waals surface area contributed by atoms with Gasteiger partial charge in [0, 0.05) is 31.7 Å². The second kappa shape index (κ2) is 9.25. The molecule has 1 atom stereocenters. The summed E-state index contributed by atoms with van der Waals surface area (Å²) in [4.78, 5) is 19.6. The molecule has 5 N–H and O–H groups in total. The van der Waals surface area contributed by atoms with Crippen LogP contribution in [-0.2, 0) is 13.5 Å². The van der Waals surface area contributed by atoms with E-state index in [0.717, 1.165) is 61.5 Å². The maximum absolute atomic E-state index is 14.4. The number of nitrogens with one attached hydrogen (secondary N) is 1. The topological polar surface area (TPSA) is 115 Å². The standard InChI is InChI=1S/C22H28FN7OS/c1-3-13-6-7-16(23)15(11-13)21-28-18(19(25)32-21)20(31)27-17-12-26-29(2)22(17)30-9-4-5-14(24)8-10-30/h6-7,11-12,14H,3-5,8-10,24-25H2,1-2H3,(H,27,31)/t14-/m1/s1. The van der Waals surface area contributed by atoms with Crippen LogP contribution in [0.25, 0.3) is 10.6 Å². The van der Waals surface area contributed by atoms with Gasteiger partial charge in [-0.25, -0.2) is 9.37 Å². The van der Waals surface area contributed by atoms with Gasteiger partial charge in [0.1, 0.15) is 21.5 Å². The van der Waals surface area contributed by atoms with Gasteiger partial charge in [-0.1, -0.05) is 24.3 Å². The zero-order chi connectivity index (χ0) is 22.8. The molecule has 0 unspecified atom stereocenters. The third kappa shape index (κ3) is 4.46. The molecule has 10 heteroatoms. The molecule has 4 rings (SSSR count). The predicted octanol–water partition coefficient (Wildman–Crippen LogP) is 3.40. The number of carbonyl (C=O) groups is 1. The summed E-state index contributed by atoms with van der Waals surface area (Å²) < 4.78 is 16.1. The summed E-state index contributed by atoms with van der Waals surface area (Å²) in [6.45, 7) is 3.63. The largest absolute Gasteiger partial charge is 0.389 e. The Labute approximate surface area is 190 Å². The van der Waals surface area contributed by atoms with Crippen LogP contribution in [0.3, 0.4) is 0 Å². The fraction of sp³-hybridized carbons (Fsp3) is 0.409. The van der Waals surface area contributed by atoms with E-state index in [1.54, 1.807) is 23.0 Å². The smallest absolute Gasteiger partial charge is 0.277 e. The van der Waals surface area contributed by atoms with Crippen molar-refractivity contribution in [2.75, 3.05) is 29.0 Å². The van der Waals surface area contributed by atoms with Gasteiger partial charge in [0.05, 0.1) is 6.20 Å². The van der Waals surface area contributed by atoms with Gasteiger partial charge in [-0.3, -0.25) is 9.48 Å². The molecule has 0 spiro atoms. The van der Waals surface area contributed by atoms with Crippen LogP contribution in [0.2, 0.25) is 0 Å². The third-order valence-corrected chi connectivity index (χ3v) is 6.68. The van der Waals surface area contributed by atoms with Crippen LogP contribution < -0.4 is 21.7 Å². The van der Waals surface area contributed by atoms with Gasteiger partial charge in [-0.2, -0.15) is 5.10 Å². The first-order valence-electron chi connectivity index (χ1n) is 10.8. The number of nitrogens with zero attached hydrogens (tertiary/aromatic N) is 4. The van der Waals surface area contributed by atoms with Crippen molar-refractivity contribution in [3.8, 4) is 10.6 Å². The first-order chi connectivity index (χ1) is 15.4. The van der Waals surface area contributed by atoms with E-state index in [0.29, 0.717) is 16.3 Å². The number of hydrogen-bond acceptors (Lipinski definition) is 7. The second-order valence-corrected chi connectivity index (χ2v) is 9.07. The number of aryl methyl sites for hydroxylation is 2. The summed E-state index contributed by atoms with van der Waals surface area (Å²) in [5.41, 5.74) is 14.2. The van der Waals surface area contributed by atoms with Crippen LogP contribution >= 0.6 is 11.3 Å². The molecule has 3 heterocycles. The Morgan fingerprint density at radius 2 is 2.16 bits per heavy atom. The van der Waals surface area contributed by atoms with Crippen molar-refractivity contribution >= 4 is 33.8 Å². The highest BCUT2D eigenvalue weighted by molar-refractivity contribution is 7.19. The van der Waals surface area contributed by atoms with Crippen LogP contribution in [-0.4, -0.2) is 39.8 Å². The number of amides is 1. The van der Waals surface area contributed by atoms with Gasteiger partial charge in [-0.15, -0.1) is 0 Å². The molecule has 3 aromatic rings. The lowest BCUT2D eigenvalue weighted by atomic mass is 10.1. The average molecular weight is 458 g/mol. The lowest BCUT2D eigenvalue weighted by Crippen LogP contribution is -2.29. The maximum Gasteiger partial charge on any atom is 0.277 e. The van der Waals surface area contributed by atoms with E-state index >= 15 is 0 Å². The summed E-state index contributed by atoms with van der Waals surface area (Å²) in [6.07, 6.45) is 5.22. The lowest BCUT2D eigenvalue weighted by Gasteiger charge is -2.24. The van der Waals surface area contributed by atoms with Crippen LogP contribution in [0.15, 0.2) is 24.4 Å². The Balaban J connectivity index is 1.59. The van der Waals surface area contributed by atoms with Gasteiger partial charge < -0.3 is 21.7 Å². The lowest BCUT2D eigenvalue weighted by molar-refractivity contribution is 0.102. The van der Waals surface area contributed by atoms with Crippen molar-refractivity contribution in [1.29, 1.82) is 0 Å². The summed E-state index contributed by atoms with van der Waals surface area (Å²) in [7, 11) is 1.84. The minimum absolute atomic E-state index is 0.0824. The highest BCUT2D eigenvalue weighted by Gasteiger charge is 2.24. The maximum atomic E-state index is 14.4. The molecule has 1 amide bonds. The molecule has 1 aromatic carbocycles. The number of halogens is 1. The number of nitrogen functional groups attached to an aromatic ring is 1. The first kappa shape index (κ1) is 22.2. The highest BCUT2D eigenvalue weighted by atomic mass is 32.1. The number of thiazole rings is 1. The molecule has 1 aliphatic heterocycles. The number of carbonyl (C=O) groups excluding carboxylic acids is 1. The molecular formula is C22H28FN7OS. The monoisotopic (exact) mass is 457 g/mol. The molecule has 0 radical (unpaired) electrons. The fourth-order valence-corrected chi connectivity index (χ4v) is 4.82. The molecule has 0 aliphatic carbocycles. The number of hydrogen-bond donors (Lipinski definition) is 3. The van der Waals surface area contributed by atoms with Gasteiger partial charge in [0.15, 0.2) is 11.5 Å². The predicted molar refractivity (Wildman–Crippen MR) is 126 cm³/mol. The van der Waals surface area contributed by atoms with Crippen LogP contribution in [0.5, 0.6) is 0 Å². The molecule has 8 nitrogen and oxygen atoms in total. The minimum atomic E-state index is -0.446. The van der Waals surface area contributed by atoms with Crippen molar-refractivity contribution in [2.45, 2.75) is 38.6 Å². The molecule has 2 aromatic heterocycles. The van der Waals surface area contributed by atoms with E-state index in [-0.39, 0.29) is 16.7 Å². The fourth-order valence-electron chi connectivity index (χ4n) is 3.98. The SMILES string of the molecule is CCc1ccc(F)c(-c2nc(C(=O)Nc3cnn(C)c3N3CCC[C@@H](N)CC3)c(N)s2)c1. The van der Waals surface area contributed by atoms with E-state index in [9.17, 15) is 9.18 Å². The summed E-state index contributed by atoms with van der Waals surface area (Å²) in [6, 6.07) is 5.09. The van der Waals surface area contributed by atoms with Crippen molar-refractivity contribution in [3.63, 3.8) is 0 Å². The molecule has 0 bridgehead atoms. The Bertz CT molecular complexity index is 1130. The Kier molecular flexibility index (Phi) is 6.43. The van der Waals surface area contributed by atoms with Crippen molar-refractivity contribution in [1.82, 2.24) is 14.8 Å². The summed E-state index contributed by atoms with van der Waals surface area (Å²) >= 11 is 1.10. The van der Waals surface area contributed by atoms with Gasteiger partial charge >= 0.3 is 0 Å². The molecule has 1 fully saturated rings. The molecule has 1 saturated heterocycles. The Morgan fingerprint density at radius 1 is 1.34 bits per heavy atom. The van der Waals surface area contributed by atoms with Crippen LogP contribution in [0.1, 0.15) is 42.2 Å².